The second-order valence-electron chi connectivity index (χ2n) is 8.42. The molecule has 29 heavy (non-hydrogen) atoms. The fourth-order valence-electron chi connectivity index (χ4n) is 4.95. The van der Waals surface area contributed by atoms with Crippen molar-refractivity contribution in [3.8, 4) is 0 Å². The largest absolute Gasteiger partial charge is 0.345 e. The minimum atomic E-state index is -0.334. The summed E-state index contributed by atoms with van der Waals surface area (Å²) < 4.78 is 14.7. The van der Waals surface area contributed by atoms with Gasteiger partial charge in [0, 0.05) is 17.1 Å². The molecule has 7 heteroatoms. The predicted octanol–water partition coefficient (Wildman–Crippen LogP) is 3.40. The predicted molar refractivity (Wildman–Crippen MR) is 106 cm³/mol. The molecule has 3 fully saturated rings. The van der Waals surface area contributed by atoms with E-state index in [2.05, 4.69) is 15.7 Å². The Morgan fingerprint density at radius 3 is 2.55 bits per heavy atom. The molecule has 2 aromatic heterocycles. The molecule has 1 aromatic carbocycles. The monoisotopic (exact) mass is 392 g/mol. The van der Waals surface area contributed by atoms with Crippen LogP contribution in [0.3, 0.4) is 0 Å². The Kier molecular flexibility index (Phi) is 3.78. The zero-order valence-corrected chi connectivity index (χ0v) is 16.0. The minimum absolute atomic E-state index is 0.0717. The second-order valence-corrected chi connectivity index (χ2v) is 8.42. The summed E-state index contributed by atoms with van der Waals surface area (Å²) in [5.74, 6) is -0.728. The van der Waals surface area contributed by atoms with Gasteiger partial charge in [-0.2, -0.15) is 5.10 Å². The van der Waals surface area contributed by atoms with Crippen molar-refractivity contribution >= 4 is 23.0 Å². The molecule has 1 atom stereocenters. The summed E-state index contributed by atoms with van der Waals surface area (Å²) in [5, 5.41) is 10.2. The summed E-state index contributed by atoms with van der Waals surface area (Å²) in [4.78, 5) is 25.4. The first-order chi connectivity index (χ1) is 13.9. The highest BCUT2D eigenvalue weighted by Crippen LogP contribution is 2.70. The SMILES string of the molecule is CC(C(=O)Nc1ccc(F)cc1)C12CC(NC(=O)c3cccc4ccnn34)(C1)C2. The molecule has 0 aliphatic heterocycles. The van der Waals surface area contributed by atoms with E-state index in [1.807, 2.05) is 25.1 Å². The van der Waals surface area contributed by atoms with Gasteiger partial charge in [-0.3, -0.25) is 9.59 Å². The average Bonchev–Trinajstić information content (AvgIpc) is 3.13. The number of anilines is 1. The van der Waals surface area contributed by atoms with Crippen molar-refractivity contribution in [2.45, 2.75) is 31.7 Å². The van der Waals surface area contributed by atoms with Gasteiger partial charge >= 0.3 is 0 Å². The number of fused-ring (bicyclic) bond motifs is 1. The third-order valence-electron chi connectivity index (χ3n) is 6.53. The maximum atomic E-state index is 13.0. The molecular weight excluding hydrogens is 371 g/mol. The maximum absolute atomic E-state index is 13.0. The number of carbonyl (C=O) groups is 2. The zero-order chi connectivity index (χ0) is 20.2. The van der Waals surface area contributed by atoms with Crippen molar-refractivity contribution in [2.75, 3.05) is 5.32 Å². The molecular formula is C22H21FN4O2. The molecule has 0 radical (unpaired) electrons. The van der Waals surface area contributed by atoms with Crippen LogP contribution in [0.4, 0.5) is 10.1 Å². The smallest absolute Gasteiger partial charge is 0.270 e. The normalized spacial score (nSPS) is 25.6. The van der Waals surface area contributed by atoms with Crippen molar-refractivity contribution in [1.29, 1.82) is 0 Å². The standard InChI is InChI=1S/C22H21FN4O2/c1-14(19(28)25-16-7-5-15(23)6-8-16)21-11-22(12-21,13-21)26-20(29)18-4-2-3-17-9-10-24-27(17)18/h2-10,14H,11-13H2,1H3,(H,25,28)(H,26,29). The topological polar surface area (TPSA) is 75.5 Å². The van der Waals surface area contributed by atoms with Crippen molar-refractivity contribution in [2.24, 2.45) is 11.3 Å². The molecule has 2 bridgehead atoms. The number of aromatic nitrogens is 2. The number of hydrogen-bond donors (Lipinski definition) is 2. The highest BCUT2D eigenvalue weighted by atomic mass is 19.1. The van der Waals surface area contributed by atoms with Crippen LogP contribution in [-0.4, -0.2) is 27.0 Å². The summed E-state index contributed by atoms with van der Waals surface area (Å²) in [7, 11) is 0. The molecule has 3 aliphatic carbocycles. The first-order valence-corrected chi connectivity index (χ1v) is 9.72. The lowest BCUT2D eigenvalue weighted by Crippen LogP contribution is -2.77. The Morgan fingerprint density at radius 1 is 1.10 bits per heavy atom. The minimum Gasteiger partial charge on any atom is -0.345 e. The molecule has 6 rings (SSSR count). The van der Waals surface area contributed by atoms with E-state index in [9.17, 15) is 14.0 Å². The van der Waals surface area contributed by atoms with Crippen molar-refractivity contribution in [3.63, 3.8) is 0 Å². The van der Waals surface area contributed by atoms with E-state index >= 15 is 0 Å². The summed E-state index contributed by atoms with van der Waals surface area (Å²) in [6, 6.07) is 13.1. The number of nitrogens with one attached hydrogen (secondary N) is 2. The van der Waals surface area contributed by atoms with E-state index < -0.39 is 0 Å². The van der Waals surface area contributed by atoms with Crippen LogP contribution in [0.1, 0.15) is 36.7 Å². The molecule has 0 saturated heterocycles. The van der Waals surface area contributed by atoms with Gasteiger partial charge < -0.3 is 10.6 Å². The second kappa shape index (κ2) is 6.14. The van der Waals surface area contributed by atoms with Gasteiger partial charge in [-0.25, -0.2) is 8.91 Å². The van der Waals surface area contributed by atoms with E-state index in [1.165, 1.54) is 12.1 Å². The van der Waals surface area contributed by atoms with Crippen molar-refractivity contribution in [1.82, 2.24) is 14.9 Å². The van der Waals surface area contributed by atoms with Gasteiger partial charge in [-0.1, -0.05) is 13.0 Å². The summed E-state index contributed by atoms with van der Waals surface area (Å²) in [6.45, 7) is 1.92. The molecule has 2 amide bonds. The van der Waals surface area contributed by atoms with Gasteiger partial charge in [0.25, 0.3) is 5.91 Å². The summed E-state index contributed by atoms with van der Waals surface area (Å²) in [5.41, 5.74) is 1.67. The average molecular weight is 392 g/mol. The van der Waals surface area contributed by atoms with Crippen LogP contribution in [0.15, 0.2) is 54.7 Å². The quantitative estimate of drug-likeness (QED) is 0.699. The zero-order valence-electron chi connectivity index (χ0n) is 16.0. The van der Waals surface area contributed by atoms with Crippen LogP contribution in [0.25, 0.3) is 5.52 Å². The lowest BCUT2D eigenvalue weighted by molar-refractivity contribution is -0.184. The Hall–Kier alpha value is -3.22. The van der Waals surface area contributed by atoms with Gasteiger partial charge in [-0.05, 0) is 67.1 Å². The molecule has 1 unspecified atom stereocenters. The van der Waals surface area contributed by atoms with Crippen molar-refractivity contribution in [3.05, 3.63) is 66.2 Å². The molecule has 3 aromatic rings. The van der Waals surface area contributed by atoms with E-state index in [0.717, 1.165) is 24.8 Å². The number of rotatable bonds is 5. The Labute approximate surface area is 167 Å². The number of amides is 2. The molecule has 6 nitrogen and oxygen atoms in total. The van der Waals surface area contributed by atoms with Gasteiger partial charge in [0.15, 0.2) is 0 Å². The van der Waals surface area contributed by atoms with Crippen LogP contribution < -0.4 is 10.6 Å². The summed E-state index contributed by atoms with van der Waals surface area (Å²) >= 11 is 0. The van der Waals surface area contributed by atoms with Crippen LogP contribution in [0, 0.1) is 17.2 Å². The van der Waals surface area contributed by atoms with E-state index in [-0.39, 0.29) is 34.5 Å². The van der Waals surface area contributed by atoms with E-state index in [0.29, 0.717) is 11.4 Å². The van der Waals surface area contributed by atoms with Gasteiger partial charge in [0.1, 0.15) is 11.5 Å². The van der Waals surface area contributed by atoms with Crippen LogP contribution in [0.5, 0.6) is 0 Å². The van der Waals surface area contributed by atoms with Gasteiger partial charge in [0.05, 0.1) is 11.7 Å². The third-order valence-corrected chi connectivity index (χ3v) is 6.53. The summed E-state index contributed by atoms with van der Waals surface area (Å²) in [6.07, 6.45) is 4.04. The highest BCUT2D eigenvalue weighted by molar-refractivity contribution is 5.95. The van der Waals surface area contributed by atoms with Crippen molar-refractivity contribution < 1.29 is 14.0 Å². The van der Waals surface area contributed by atoms with Crippen LogP contribution in [0.2, 0.25) is 0 Å². The molecule has 148 valence electrons. The fraction of sp³-hybridized carbons (Fsp3) is 0.318. The Balaban J connectivity index is 1.22. The highest BCUT2D eigenvalue weighted by Gasteiger charge is 2.71. The number of hydrogen-bond acceptors (Lipinski definition) is 3. The number of benzene rings is 1. The molecule has 2 heterocycles. The van der Waals surface area contributed by atoms with E-state index in [4.69, 9.17) is 0 Å². The molecule has 3 saturated carbocycles. The number of halogens is 1. The number of carbonyl (C=O) groups excluding carboxylic acids is 2. The number of pyridine rings is 1. The van der Waals surface area contributed by atoms with Gasteiger partial charge in [0.2, 0.25) is 5.91 Å². The molecule has 0 spiro atoms. The third kappa shape index (κ3) is 2.80. The molecule has 2 N–H and O–H groups in total. The first-order valence-electron chi connectivity index (χ1n) is 9.72. The maximum Gasteiger partial charge on any atom is 0.270 e. The van der Waals surface area contributed by atoms with Crippen LogP contribution >= 0.6 is 0 Å². The fourth-order valence-corrected chi connectivity index (χ4v) is 4.95. The lowest BCUT2D eigenvalue weighted by atomic mass is 9.36. The Bertz CT molecular complexity index is 1100. The van der Waals surface area contributed by atoms with Gasteiger partial charge in [-0.15, -0.1) is 0 Å². The molecule has 3 aliphatic rings. The first kappa shape index (κ1) is 17.8. The van der Waals surface area contributed by atoms with E-state index in [1.54, 1.807) is 28.9 Å². The number of nitrogens with zero attached hydrogens (tertiary/aromatic N) is 2. The lowest BCUT2D eigenvalue weighted by Gasteiger charge is -2.72. The Morgan fingerprint density at radius 2 is 1.83 bits per heavy atom. The van der Waals surface area contributed by atoms with Crippen LogP contribution in [-0.2, 0) is 4.79 Å².